The summed E-state index contributed by atoms with van der Waals surface area (Å²) < 4.78 is 14.0. The molecule has 1 atom stereocenters. The molecule has 0 saturated carbocycles. The number of aryl methyl sites for hydroxylation is 1. The number of nitrogens with zero attached hydrogens (tertiary/aromatic N) is 2. The number of aromatic amines is 1. The van der Waals surface area contributed by atoms with E-state index in [9.17, 15) is 18.8 Å². The van der Waals surface area contributed by atoms with Gasteiger partial charge in [0.15, 0.2) is 0 Å². The molecule has 3 heterocycles. The molecule has 2 aliphatic rings. The number of anilines is 2. The van der Waals surface area contributed by atoms with Gasteiger partial charge in [-0.3, -0.25) is 9.59 Å². The normalized spacial score (nSPS) is 18.5. The quantitative estimate of drug-likeness (QED) is 0.420. The first-order valence-corrected chi connectivity index (χ1v) is 10.7. The van der Waals surface area contributed by atoms with Crippen LogP contribution in [-0.4, -0.2) is 65.9 Å². The Labute approximate surface area is 190 Å². The zero-order valence-electron chi connectivity index (χ0n) is 19.0. The van der Waals surface area contributed by atoms with E-state index in [0.717, 1.165) is 0 Å². The van der Waals surface area contributed by atoms with Crippen molar-refractivity contribution in [3.8, 4) is 0 Å². The number of fused-ring (bicyclic) bond motifs is 1. The van der Waals surface area contributed by atoms with Crippen LogP contribution in [0.1, 0.15) is 39.3 Å². The number of nitrogen functional groups attached to an aromatic ring is 1. The van der Waals surface area contributed by atoms with Crippen LogP contribution >= 0.6 is 0 Å². The molecule has 1 aromatic heterocycles. The van der Waals surface area contributed by atoms with Crippen LogP contribution in [0.2, 0.25) is 0 Å². The summed E-state index contributed by atoms with van der Waals surface area (Å²) in [6.07, 6.45) is 2.29. The largest absolute Gasteiger partial charge is 0.396 e. The third-order valence-corrected chi connectivity index (χ3v) is 6.09. The Kier molecular flexibility index (Phi) is 5.61. The number of H-pyrrole nitrogens is 1. The summed E-state index contributed by atoms with van der Waals surface area (Å²) in [5.74, 6) is -1.22. The number of hydrogen-bond acceptors (Lipinski definition) is 4. The summed E-state index contributed by atoms with van der Waals surface area (Å²) in [4.78, 5) is 44.1. The van der Waals surface area contributed by atoms with Crippen molar-refractivity contribution in [2.24, 2.45) is 0 Å². The Morgan fingerprint density at radius 3 is 2.73 bits per heavy atom. The molecule has 2 aromatic rings. The number of benzene rings is 1. The number of nitrogens with two attached hydrogens (primary N) is 1. The minimum absolute atomic E-state index is 0.0427. The van der Waals surface area contributed by atoms with Gasteiger partial charge in [0.1, 0.15) is 5.82 Å². The minimum Gasteiger partial charge on any atom is -0.396 e. The summed E-state index contributed by atoms with van der Waals surface area (Å²) in [6, 6.07) is 2.40. The molecule has 0 radical (unpaired) electrons. The molecule has 10 heteroatoms. The second-order valence-corrected chi connectivity index (χ2v) is 8.68. The maximum absolute atomic E-state index is 14.0. The van der Waals surface area contributed by atoms with Crippen molar-refractivity contribution in [2.75, 3.05) is 38.2 Å². The fourth-order valence-corrected chi connectivity index (χ4v) is 4.37. The summed E-state index contributed by atoms with van der Waals surface area (Å²) in [5.41, 5.74) is 9.11. The van der Waals surface area contributed by atoms with E-state index in [4.69, 9.17) is 5.73 Å². The third-order valence-electron chi connectivity index (χ3n) is 6.09. The summed E-state index contributed by atoms with van der Waals surface area (Å²) in [6.45, 7) is 4.61. The molecule has 174 valence electrons. The van der Waals surface area contributed by atoms with Crippen molar-refractivity contribution in [1.82, 2.24) is 20.1 Å². The number of urea groups is 1. The Bertz CT molecular complexity index is 1200. The number of carbonyl (C=O) groups excluding carboxylic acids is 3. The Morgan fingerprint density at radius 1 is 1.30 bits per heavy atom. The third kappa shape index (κ3) is 4.04. The minimum atomic E-state index is -0.603. The van der Waals surface area contributed by atoms with Gasteiger partial charge >= 0.3 is 6.03 Å². The topological polar surface area (TPSA) is 124 Å². The Morgan fingerprint density at radius 2 is 2.03 bits per heavy atom. The van der Waals surface area contributed by atoms with E-state index in [1.165, 1.54) is 17.0 Å². The van der Waals surface area contributed by atoms with E-state index in [1.807, 2.05) is 0 Å². The maximum Gasteiger partial charge on any atom is 0.319 e. The van der Waals surface area contributed by atoms with Gasteiger partial charge in [-0.15, -0.1) is 0 Å². The highest BCUT2D eigenvalue weighted by atomic mass is 19.1. The highest BCUT2D eigenvalue weighted by Gasteiger charge is 2.30. The van der Waals surface area contributed by atoms with E-state index in [0.29, 0.717) is 53.3 Å². The number of likely N-dealkylation sites (tertiary alicyclic amines) is 1. The lowest BCUT2D eigenvalue weighted by atomic mass is 10.0. The van der Waals surface area contributed by atoms with Gasteiger partial charge in [-0.05, 0) is 44.0 Å². The molecule has 33 heavy (non-hydrogen) atoms. The Hall–Kier alpha value is -3.82. The maximum atomic E-state index is 14.0. The lowest BCUT2D eigenvalue weighted by molar-refractivity contribution is -0.110. The molecule has 4 rings (SSSR count). The molecule has 9 nitrogen and oxygen atoms in total. The fraction of sp³-hybridized carbons (Fsp3) is 0.348. The van der Waals surface area contributed by atoms with Gasteiger partial charge in [-0.1, -0.05) is 0 Å². The number of carbonyl (C=O) groups is 3. The van der Waals surface area contributed by atoms with Gasteiger partial charge in [-0.25, -0.2) is 9.18 Å². The molecular weight excluding hydrogens is 427 g/mol. The van der Waals surface area contributed by atoms with Crippen LogP contribution in [0, 0.1) is 19.7 Å². The summed E-state index contributed by atoms with van der Waals surface area (Å²) in [7, 11) is 3.40. The zero-order valence-corrected chi connectivity index (χ0v) is 19.0. The first kappa shape index (κ1) is 22.4. The van der Waals surface area contributed by atoms with Gasteiger partial charge in [0, 0.05) is 50.2 Å². The standard InChI is InChI=1S/C23H27FN6O3/c1-11-18(8-15-14-7-16(24)17(25)9-19(14)28-21(15)31)26-12(2)20(11)22(32)27-13-5-6-30(10-13)23(33)29(3)4/h7-9,13,26H,5-6,10,25H2,1-4H3,(H,27,32)(H,28,31)/b15-8-. The SMILES string of the molecule is Cc1[nH]c(/C=C2\C(=O)Nc3cc(N)c(F)cc32)c(C)c1C(=O)NC1CCN(C(=O)N(C)C)C1. The lowest BCUT2D eigenvalue weighted by Gasteiger charge is -2.21. The lowest BCUT2D eigenvalue weighted by Crippen LogP contribution is -2.41. The van der Waals surface area contributed by atoms with Crippen molar-refractivity contribution in [3.63, 3.8) is 0 Å². The molecule has 4 amide bonds. The van der Waals surface area contributed by atoms with E-state index >= 15 is 0 Å². The molecule has 2 aliphatic heterocycles. The molecule has 0 spiro atoms. The van der Waals surface area contributed by atoms with Crippen molar-refractivity contribution in [2.45, 2.75) is 26.3 Å². The van der Waals surface area contributed by atoms with Crippen LogP contribution in [0.25, 0.3) is 11.6 Å². The number of rotatable bonds is 3. The molecular formula is C23H27FN6O3. The fourth-order valence-electron chi connectivity index (χ4n) is 4.37. The monoisotopic (exact) mass is 454 g/mol. The van der Waals surface area contributed by atoms with Crippen molar-refractivity contribution in [3.05, 3.63) is 46.0 Å². The second kappa shape index (κ2) is 8.27. The number of aromatic nitrogens is 1. The van der Waals surface area contributed by atoms with Crippen LogP contribution in [0.3, 0.4) is 0 Å². The molecule has 0 aliphatic carbocycles. The molecule has 1 fully saturated rings. The van der Waals surface area contributed by atoms with E-state index in [-0.39, 0.29) is 35.1 Å². The van der Waals surface area contributed by atoms with Crippen molar-refractivity contribution < 1.29 is 18.8 Å². The zero-order chi connectivity index (χ0) is 24.0. The molecule has 5 N–H and O–H groups in total. The first-order valence-electron chi connectivity index (χ1n) is 10.7. The highest BCUT2D eigenvalue weighted by molar-refractivity contribution is 6.35. The second-order valence-electron chi connectivity index (χ2n) is 8.68. The number of halogens is 1. The van der Waals surface area contributed by atoms with Gasteiger partial charge in [-0.2, -0.15) is 0 Å². The molecule has 1 saturated heterocycles. The van der Waals surface area contributed by atoms with Gasteiger partial charge < -0.3 is 31.2 Å². The summed E-state index contributed by atoms with van der Waals surface area (Å²) >= 11 is 0. The average molecular weight is 455 g/mol. The van der Waals surface area contributed by atoms with Crippen LogP contribution in [-0.2, 0) is 4.79 Å². The highest BCUT2D eigenvalue weighted by Crippen LogP contribution is 2.36. The van der Waals surface area contributed by atoms with Crippen molar-refractivity contribution in [1.29, 1.82) is 0 Å². The van der Waals surface area contributed by atoms with E-state index in [1.54, 1.807) is 38.9 Å². The molecule has 1 aromatic carbocycles. The number of amides is 4. The average Bonchev–Trinajstić information content (AvgIpc) is 3.39. The number of nitrogens with one attached hydrogen (secondary N) is 3. The predicted molar refractivity (Wildman–Crippen MR) is 124 cm³/mol. The first-order chi connectivity index (χ1) is 15.6. The molecule has 1 unspecified atom stereocenters. The van der Waals surface area contributed by atoms with Crippen molar-refractivity contribution >= 4 is 40.9 Å². The van der Waals surface area contributed by atoms with Gasteiger partial charge in [0.05, 0.1) is 22.5 Å². The summed E-state index contributed by atoms with van der Waals surface area (Å²) in [5, 5.41) is 5.70. The van der Waals surface area contributed by atoms with Crippen LogP contribution in [0.15, 0.2) is 12.1 Å². The Balaban J connectivity index is 1.56. The van der Waals surface area contributed by atoms with Crippen LogP contribution in [0.5, 0.6) is 0 Å². The molecule has 0 bridgehead atoms. The van der Waals surface area contributed by atoms with E-state index in [2.05, 4.69) is 15.6 Å². The smallest absolute Gasteiger partial charge is 0.319 e. The number of hydrogen-bond donors (Lipinski definition) is 4. The van der Waals surface area contributed by atoms with Crippen LogP contribution < -0.4 is 16.4 Å². The van der Waals surface area contributed by atoms with Gasteiger partial charge in [0.2, 0.25) is 0 Å². The van der Waals surface area contributed by atoms with Gasteiger partial charge in [0.25, 0.3) is 11.8 Å². The van der Waals surface area contributed by atoms with E-state index < -0.39 is 5.82 Å². The van der Waals surface area contributed by atoms with Crippen LogP contribution in [0.4, 0.5) is 20.6 Å². The predicted octanol–water partition coefficient (Wildman–Crippen LogP) is 2.33.